The molecule has 0 unspecified atom stereocenters. The Morgan fingerprint density at radius 1 is 1.07 bits per heavy atom. The highest BCUT2D eigenvalue weighted by Crippen LogP contribution is 2.16. The van der Waals surface area contributed by atoms with E-state index in [1.54, 1.807) is 0 Å². The first kappa shape index (κ1) is 25.7. The van der Waals surface area contributed by atoms with Gasteiger partial charge in [0.05, 0.1) is 19.1 Å². The Kier molecular flexibility index (Phi) is 11.2. The third kappa shape index (κ3) is 8.22. The summed E-state index contributed by atoms with van der Waals surface area (Å²) >= 11 is 0. The number of ketones is 1. The Morgan fingerprint density at radius 2 is 1.70 bits per heavy atom. The fraction of sp³-hybridized carbons (Fsp3) is 0.591. The molecule has 0 heterocycles. The van der Waals surface area contributed by atoms with Gasteiger partial charge in [0.25, 0.3) is 0 Å². The lowest BCUT2D eigenvalue weighted by Crippen LogP contribution is -2.42. The van der Waals surface area contributed by atoms with Crippen LogP contribution in [0, 0.1) is 11.8 Å². The third-order valence-electron chi connectivity index (χ3n) is 4.64. The molecule has 0 fully saturated rings. The first-order chi connectivity index (χ1) is 14.2. The SMILES string of the molecule is COC(=O)[C@H](CC(=O)CO/N=C(/[C@@H](OC)C(C)C)[C@@H](O)[C@@H](C)O)Cc1ccccc1. The minimum absolute atomic E-state index is 0.0453. The van der Waals surface area contributed by atoms with E-state index >= 15 is 0 Å². The number of benzene rings is 1. The van der Waals surface area contributed by atoms with Crippen molar-refractivity contribution in [3.8, 4) is 0 Å². The minimum Gasteiger partial charge on any atom is -0.469 e. The van der Waals surface area contributed by atoms with Crippen molar-refractivity contribution >= 4 is 17.5 Å². The zero-order chi connectivity index (χ0) is 22.7. The average Bonchev–Trinajstić information content (AvgIpc) is 2.71. The molecule has 0 amide bonds. The number of aliphatic hydroxyl groups excluding tert-OH is 2. The molecule has 0 radical (unpaired) electrons. The van der Waals surface area contributed by atoms with Gasteiger partial charge in [0.2, 0.25) is 0 Å². The fourth-order valence-electron chi connectivity index (χ4n) is 3.07. The van der Waals surface area contributed by atoms with Crippen LogP contribution in [0.25, 0.3) is 0 Å². The molecule has 8 nitrogen and oxygen atoms in total. The lowest BCUT2D eigenvalue weighted by Gasteiger charge is -2.25. The van der Waals surface area contributed by atoms with E-state index in [9.17, 15) is 19.8 Å². The molecule has 168 valence electrons. The number of ether oxygens (including phenoxy) is 2. The van der Waals surface area contributed by atoms with E-state index in [2.05, 4.69) is 5.16 Å². The number of Topliss-reactive ketones (excluding diaryl/α,β-unsaturated/α-hetero) is 1. The molecule has 0 saturated carbocycles. The highest BCUT2D eigenvalue weighted by atomic mass is 16.6. The van der Waals surface area contributed by atoms with Crippen molar-refractivity contribution in [2.24, 2.45) is 17.0 Å². The molecule has 30 heavy (non-hydrogen) atoms. The Labute approximate surface area is 177 Å². The first-order valence-corrected chi connectivity index (χ1v) is 9.93. The van der Waals surface area contributed by atoms with Gasteiger partial charge in [-0.3, -0.25) is 9.59 Å². The minimum atomic E-state index is -1.30. The predicted octanol–water partition coefficient (Wildman–Crippen LogP) is 1.76. The maximum atomic E-state index is 12.4. The summed E-state index contributed by atoms with van der Waals surface area (Å²) in [6.45, 7) is 4.78. The number of rotatable bonds is 13. The summed E-state index contributed by atoms with van der Waals surface area (Å²) in [6.07, 6.45) is -2.68. The fourth-order valence-corrected chi connectivity index (χ4v) is 3.07. The molecular formula is C22H33NO7. The molecule has 0 aliphatic heterocycles. The molecular weight excluding hydrogens is 390 g/mol. The Bertz CT molecular complexity index is 688. The van der Waals surface area contributed by atoms with Gasteiger partial charge >= 0.3 is 5.97 Å². The van der Waals surface area contributed by atoms with Crippen molar-refractivity contribution in [1.29, 1.82) is 0 Å². The second-order valence-electron chi connectivity index (χ2n) is 7.53. The lowest BCUT2D eigenvalue weighted by atomic mass is 9.94. The number of aliphatic hydroxyl groups is 2. The third-order valence-corrected chi connectivity index (χ3v) is 4.64. The van der Waals surface area contributed by atoms with Crippen LogP contribution < -0.4 is 0 Å². The van der Waals surface area contributed by atoms with Crippen LogP contribution in [0.15, 0.2) is 35.5 Å². The van der Waals surface area contributed by atoms with E-state index in [4.69, 9.17) is 14.3 Å². The normalized spacial score (nSPS) is 15.9. The van der Waals surface area contributed by atoms with Gasteiger partial charge in [0.15, 0.2) is 12.4 Å². The van der Waals surface area contributed by atoms with Crippen LogP contribution in [-0.2, 0) is 30.3 Å². The molecule has 1 rings (SSSR count). The van der Waals surface area contributed by atoms with Crippen molar-refractivity contribution in [3.05, 3.63) is 35.9 Å². The number of carbonyl (C=O) groups excluding carboxylic acids is 2. The van der Waals surface area contributed by atoms with Crippen LogP contribution in [0.2, 0.25) is 0 Å². The standard InChI is InChI=1S/C22H33NO7/c1-14(2)21(28-4)19(20(26)15(3)24)23-30-13-18(25)12-17(22(27)29-5)11-16-9-7-6-8-10-16/h6-10,14-15,17,20-21,24,26H,11-13H2,1-5H3/b23-19+/t15-,17+,20+,21+/m1/s1. The molecule has 0 spiro atoms. The summed E-state index contributed by atoms with van der Waals surface area (Å²) in [7, 11) is 2.75. The number of esters is 1. The van der Waals surface area contributed by atoms with Gasteiger partial charge in [-0.2, -0.15) is 0 Å². The molecule has 1 aromatic rings. The second-order valence-corrected chi connectivity index (χ2v) is 7.53. The van der Waals surface area contributed by atoms with Crippen LogP contribution in [0.5, 0.6) is 0 Å². The summed E-state index contributed by atoms with van der Waals surface area (Å²) in [5.74, 6) is -1.49. The molecule has 2 N–H and O–H groups in total. The zero-order valence-electron chi connectivity index (χ0n) is 18.3. The van der Waals surface area contributed by atoms with E-state index < -0.39 is 30.2 Å². The van der Waals surface area contributed by atoms with E-state index in [-0.39, 0.29) is 30.4 Å². The highest BCUT2D eigenvalue weighted by Gasteiger charge is 2.30. The van der Waals surface area contributed by atoms with Crippen LogP contribution in [0.4, 0.5) is 0 Å². The van der Waals surface area contributed by atoms with Crippen LogP contribution in [0.1, 0.15) is 32.8 Å². The van der Waals surface area contributed by atoms with Gasteiger partial charge in [-0.05, 0) is 24.8 Å². The van der Waals surface area contributed by atoms with E-state index in [1.807, 2.05) is 44.2 Å². The summed E-state index contributed by atoms with van der Waals surface area (Å²) < 4.78 is 10.2. The van der Waals surface area contributed by atoms with Gasteiger partial charge in [0, 0.05) is 13.5 Å². The maximum Gasteiger partial charge on any atom is 0.309 e. The molecule has 0 aliphatic carbocycles. The zero-order valence-corrected chi connectivity index (χ0v) is 18.3. The monoisotopic (exact) mass is 423 g/mol. The summed E-state index contributed by atoms with van der Waals surface area (Å²) in [5, 5.41) is 23.8. The second kappa shape index (κ2) is 13.1. The average molecular weight is 424 g/mol. The van der Waals surface area contributed by atoms with Crippen molar-refractivity contribution in [1.82, 2.24) is 0 Å². The molecule has 8 heteroatoms. The lowest BCUT2D eigenvalue weighted by molar-refractivity contribution is -0.147. The van der Waals surface area contributed by atoms with Crippen molar-refractivity contribution in [3.63, 3.8) is 0 Å². The van der Waals surface area contributed by atoms with Gasteiger partial charge in [0.1, 0.15) is 17.9 Å². The van der Waals surface area contributed by atoms with Crippen LogP contribution >= 0.6 is 0 Å². The number of oxime groups is 1. The van der Waals surface area contributed by atoms with Crippen molar-refractivity contribution < 1.29 is 34.1 Å². The van der Waals surface area contributed by atoms with E-state index in [0.29, 0.717) is 6.42 Å². The van der Waals surface area contributed by atoms with Crippen molar-refractivity contribution in [2.45, 2.75) is 51.9 Å². The van der Waals surface area contributed by atoms with Gasteiger partial charge < -0.3 is 24.5 Å². The number of methoxy groups -OCH3 is 2. The quantitative estimate of drug-likeness (QED) is 0.282. The molecule has 1 aromatic carbocycles. The summed E-state index contributed by atoms with van der Waals surface area (Å²) in [4.78, 5) is 29.6. The van der Waals surface area contributed by atoms with Crippen molar-refractivity contribution in [2.75, 3.05) is 20.8 Å². The number of carbonyl (C=O) groups is 2. The van der Waals surface area contributed by atoms with Gasteiger partial charge in [-0.1, -0.05) is 49.3 Å². The van der Waals surface area contributed by atoms with Gasteiger partial charge in [-0.15, -0.1) is 0 Å². The Balaban J connectivity index is 2.81. The van der Waals surface area contributed by atoms with Crippen LogP contribution in [-0.4, -0.2) is 66.8 Å². The van der Waals surface area contributed by atoms with E-state index in [1.165, 1.54) is 21.1 Å². The highest BCUT2D eigenvalue weighted by molar-refractivity contribution is 5.93. The van der Waals surface area contributed by atoms with E-state index in [0.717, 1.165) is 5.56 Å². The summed E-state index contributed by atoms with van der Waals surface area (Å²) in [6, 6.07) is 9.35. The molecule has 0 aliphatic rings. The number of nitrogens with zero attached hydrogens (tertiary/aromatic N) is 1. The smallest absolute Gasteiger partial charge is 0.309 e. The van der Waals surface area contributed by atoms with Gasteiger partial charge in [-0.25, -0.2) is 0 Å². The molecule has 4 atom stereocenters. The Hall–Kier alpha value is -2.29. The number of hydrogen-bond acceptors (Lipinski definition) is 8. The molecule has 0 saturated heterocycles. The Morgan fingerprint density at radius 3 is 2.20 bits per heavy atom. The molecule has 0 aromatic heterocycles. The summed E-state index contributed by atoms with van der Waals surface area (Å²) in [5.41, 5.74) is 1.02. The van der Waals surface area contributed by atoms with Crippen LogP contribution in [0.3, 0.4) is 0 Å². The molecule has 0 bridgehead atoms. The predicted molar refractivity (Wildman–Crippen MR) is 112 cm³/mol. The maximum absolute atomic E-state index is 12.4. The number of hydrogen-bond donors (Lipinski definition) is 2. The first-order valence-electron chi connectivity index (χ1n) is 9.93. The largest absolute Gasteiger partial charge is 0.469 e. The topological polar surface area (TPSA) is 115 Å².